The average Bonchev–Trinajstić information content (AvgIpc) is 3.34. The third kappa shape index (κ3) is 6.11. The first-order chi connectivity index (χ1) is 16.6. The summed E-state index contributed by atoms with van der Waals surface area (Å²) in [4.78, 5) is 50.5. The molecule has 0 saturated heterocycles. The van der Waals surface area contributed by atoms with E-state index in [2.05, 4.69) is 10.7 Å². The lowest BCUT2D eigenvalue weighted by molar-refractivity contribution is -0.139. The maximum absolute atomic E-state index is 13.4. The Morgan fingerprint density at radius 3 is 2.26 bits per heavy atom. The van der Waals surface area contributed by atoms with Crippen molar-refractivity contribution in [3.05, 3.63) is 86.6 Å². The van der Waals surface area contributed by atoms with Crippen molar-refractivity contribution in [1.82, 2.24) is 15.8 Å². The number of hydrogen-bond donors (Lipinski definition) is 4. The van der Waals surface area contributed by atoms with Crippen LogP contribution in [0.15, 0.2) is 53.2 Å². The molecular weight excluding hydrogens is 470 g/mol. The third-order valence-corrected chi connectivity index (χ3v) is 5.92. The van der Waals surface area contributed by atoms with Gasteiger partial charge in [0, 0.05) is 23.1 Å². The molecule has 35 heavy (non-hydrogen) atoms. The van der Waals surface area contributed by atoms with Gasteiger partial charge >= 0.3 is 5.97 Å². The summed E-state index contributed by atoms with van der Waals surface area (Å²) in [6.07, 6.45) is 0. The molecule has 3 rings (SSSR count). The predicted octanol–water partition coefficient (Wildman–Crippen LogP) is 3.26. The van der Waals surface area contributed by atoms with Gasteiger partial charge in [-0.2, -0.15) is 11.3 Å². The van der Waals surface area contributed by atoms with Gasteiger partial charge in [-0.1, -0.05) is 12.1 Å². The number of aromatic hydroxyl groups is 1. The van der Waals surface area contributed by atoms with Gasteiger partial charge in [0.2, 0.25) is 0 Å². The minimum Gasteiger partial charge on any atom is -0.508 e. The Kier molecular flexibility index (Phi) is 8.00. The second-order valence-corrected chi connectivity index (χ2v) is 8.76. The molecule has 3 aromatic rings. The number of carbonyl (C=O) groups excluding carboxylic acids is 3. The highest BCUT2D eigenvalue weighted by molar-refractivity contribution is 7.08. The zero-order valence-corrected chi connectivity index (χ0v) is 20.2. The van der Waals surface area contributed by atoms with Crippen LogP contribution in [-0.2, 0) is 11.3 Å². The molecule has 9 nitrogen and oxygen atoms in total. The second-order valence-electron chi connectivity index (χ2n) is 7.98. The molecule has 0 bridgehead atoms. The van der Waals surface area contributed by atoms with Crippen LogP contribution in [0.4, 0.5) is 0 Å². The highest BCUT2D eigenvalue weighted by atomic mass is 32.1. The fourth-order valence-corrected chi connectivity index (χ4v) is 4.10. The number of thiophene rings is 1. The summed E-state index contributed by atoms with van der Waals surface area (Å²) < 4.78 is 0. The number of carboxylic acids is 1. The van der Waals surface area contributed by atoms with Crippen LogP contribution < -0.4 is 10.7 Å². The number of imide groups is 1. The van der Waals surface area contributed by atoms with Crippen LogP contribution in [0.3, 0.4) is 0 Å². The van der Waals surface area contributed by atoms with Crippen LogP contribution in [-0.4, -0.2) is 45.0 Å². The maximum Gasteiger partial charge on any atom is 0.322 e. The van der Waals surface area contributed by atoms with E-state index < -0.39 is 23.8 Å². The van der Waals surface area contributed by atoms with Gasteiger partial charge in [0.25, 0.3) is 17.7 Å². The number of nitrogens with one attached hydrogen (secondary N) is 2. The van der Waals surface area contributed by atoms with Crippen LogP contribution in [0.1, 0.15) is 54.7 Å². The number of phenolic OH excluding ortho intramolecular Hbond substituents is 1. The van der Waals surface area contributed by atoms with Gasteiger partial charge in [0.05, 0.1) is 5.56 Å². The topological polar surface area (TPSA) is 136 Å². The van der Waals surface area contributed by atoms with Gasteiger partial charge in [-0.25, -0.2) is 10.4 Å². The van der Waals surface area contributed by atoms with E-state index in [1.165, 1.54) is 36.5 Å². The number of carboxylic acid groups (broad SMARTS) is 1. The Hall–Kier alpha value is -4.02. The van der Waals surface area contributed by atoms with Crippen molar-refractivity contribution in [1.29, 1.82) is 0 Å². The smallest absolute Gasteiger partial charge is 0.322 e. The van der Waals surface area contributed by atoms with Gasteiger partial charge in [0.1, 0.15) is 11.8 Å². The Morgan fingerprint density at radius 1 is 1.00 bits per heavy atom. The molecule has 1 aromatic heterocycles. The van der Waals surface area contributed by atoms with E-state index in [1.54, 1.807) is 48.9 Å². The van der Waals surface area contributed by atoms with Gasteiger partial charge in [-0.3, -0.25) is 19.2 Å². The van der Waals surface area contributed by atoms with Gasteiger partial charge in [-0.05, 0) is 73.2 Å². The molecule has 0 unspecified atom stereocenters. The van der Waals surface area contributed by atoms with Crippen molar-refractivity contribution < 1.29 is 29.4 Å². The van der Waals surface area contributed by atoms with E-state index in [0.29, 0.717) is 21.7 Å². The minimum absolute atomic E-state index is 0.0960. The van der Waals surface area contributed by atoms with Crippen molar-refractivity contribution >= 4 is 35.0 Å². The lowest BCUT2D eigenvalue weighted by Gasteiger charge is -2.25. The van der Waals surface area contributed by atoms with Crippen molar-refractivity contribution in [2.45, 2.75) is 33.4 Å². The number of amides is 3. The summed E-state index contributed by atoms with van der Waals surface area (Å²) in [6.45, 7) is 4.80. The molecule has 10 heteroatoms. The zero-order chi connectivity index (χ0) is 25.7. The molecule has 0 aliphatic rings. The summed E-state index contributed by atoms with van der Waals surface area (Å²) >= 11 is 1.27. The Bertz CT molecular complexity index is 1250. The Balaban J connectivity index is 1.86. The van der Waals surface area contributed by atoms with Crippen molar-refractivity contribution in [2.75, 3.05) is 0 Å². The Morgan fingerprint density at radius 2 is 1.69 bits per heavy atom. The molecule has 1 atom stereocenters. The van der Waals surface area contributed by atoms with Gasteiger partial charge in [0.15, 0.2) is 0 Å². The quantitative estimate of drug-likeness (QED) is 0.278. The van der Waals surface area contributed by atoms with Gasteiger partial charge in [-0.15, -0.1) is 0 Å². The fraction of sp³-hybridized carbons (Fsp3) is 0.200. The molecule has 0 aliphatic heterocycles. The Labute approximate surface area is 206 Å². The summed E-state index contributed by atoms with van der Waals surface area (Å²) in [5.41, 5.74) is 4.84. The zero-order valence-electron chi connectivity index (χ0n) is 19.4. The van der Waals surface area contributed by atoms with Crippen LogP contribution in [0.25, 0.3) is 0 Å². The highest BCUT2D eigenvalue weighted by Gasteiger charge is 2.30. The van der Waals surface area contributed by atoms with Crippen LogP contribution in [0.5, 0.6) is 5.75 Å². The summed E-state index contributed by atoms with van der Waals surface area (Å²) in [7, 11) is 0. The predicted molar refractivity (Wildman–Crippen MR) is 130 cm³/mol. The molecule has 0 spiro atoms. The lowest BCUT2D eigenvalue weighted by Crippen LogP contribution is -2.53. The molecule has 1 heterocycles. The number of carbonyl (C=O) groups is 4. The average molecular weight is 496 g/mol. The number of benzene rings is 2. The maximum atomic E-state index is 13.4. The number of aliphatic carboxylic acids is 1. The first kappa shape index (κ1) is 25.6. The standard InChI is InChI=1S/C25H25N3O6S/c1-14-9-19(22(30)26-12-17-5-4-6-20(29)11-17)10-15(2)21(14)24(32)28(27-16(3)25(33)34)23(31)18-7-8-35-13-18/h4-11,13,16,27,29H,12H2,1-3H3,(H,26,30)(H,33,34)/t16-/m0/s1. The molecule has 0 saturated carbocycles. The molecule has 0 radical (unpaired) electrons. The van der Waals surface area contributed by atoms with E-state index in [-0.39, 0.29) is 29.3 Å². The molecule has 182 valence electrons. The molecule has 0 fully saturated rings. The van der Waals surface area contributed by atoms with Crippen molar-refractivity contribution in [2.24, 2.45) is 0 Å². The van der Waals surface area contributed by atoms with E-state index in [1.807, 2.05) is 0 Å². The number of hydrogen-bond acceptors (Lipinski definition) is 7. The number of hydrazine groups is 1. The van der Waals surface area contributed by atoms with Crippen LogP contribution in [0.2, 0.25) is 0 Å². The largest absolute Gasteiger partial charge is 0.508 e. The monoisotopic (exact) mass is 495 g/mol. The van der Waals surface area contributed by atoms with Crippen LogP contribution in [0, 0.1) is 13.8 Å². The van der Waals surface area contributed by atoms with E-state index in [4.69, 9.17) is 0 Å². The first-order valence-electron chi connectivity index (χ1n) is 10.7. The van der Waals surface area contributed by atoms with E-state index in [9.17, 15) is 29.4 Å². The summed E-state index contributed by atoms with van der Waals surface area (Å²) in [5, 5.41) is 25.6. The number of nitrogens with zero attached hydrogens (tertiary/aromatic N) is 1. The SMILES string of the molecule is Cc1cc(C(=O)NCc2cccc(O)c2)cc(C)c1C(=O)N(N[C@@H](C)C(=O)O)C(=O)c1ccsc1. The number of phenols is 1. The van der Waals surface area contributed by atoms with Crippen molar-refractivity contribution in [3.63, 3.8) is 0 Å². The number of rotatable bonds is 8. The summed E-state index contributed by atoms with van der Waals surface area (Å²) in [5.74, 6) is -2.92. The molecule has 2 aromatic carbocycles. The summed E-state index contributed by atoms with van der Waals surface area (Å²) in [6, 6.07) is 9.92. The minimum atomic E-state index is -1.23. The molecule has 4 N–H and O–H groups in total. The molecule has 3 amide bonds. The van der Waals surface area contributed by atoms with E-state index in [0.717, 1.165) is 5.56 Å². The molecule has 0 aliphatic carbocycles. The first-order valence-corrected chi connectivity index (χ1v) is 11.6. The highest BCUT2D eigenvalue weighted by Crippen LogP contribution is 2.21. The van der Waals surface area contributed by atoms with Crippen molar-refractivity contribution in [3.8, 4) is 5.75 Å². The van der Waals surface area contributed by atoms with Gasteiger partial charge < -0.3 is 15.5 Å². The fourth-order valence-electron chi connectivity index (χ4n) is 3.47. The number of aryl methyl sites for hydroxylation is 2. The third-order valence-electron chi connectivity index (χ3n) is 5.24. The second kappa shape index (κ2) is 10.9. The lowest BCUT2D eigenvalue weighted by atomic mass is 9.97. The van der Waals surface area contributed by atoms with E-state index >= 15 is 0 Å². The normalized spacial score (nSPS) is 11.5. The molecular formula is C25H25N3O6S. The van der Waals surface area contributed by atoms with Crippen LogP contribution >= 0.6 is 11.3 Å².